The Labute approximate surface area is 110 Å². The fourth-order valence-corrected chi connectivity index (χ4v) is 1.78. The standard InChI is InChI=1S/C12H14INO2/c1-3-4-5-16-12-7-10(13)9(8-14)6-11(12)15-2/h6-7H,3-5H2,1-2H3. The quantitative estimate of drug-likeness (QED) is 0.614. The van der Waals surface area contributed by atoms with Crippen molar-refractivity contribution in [3.63, 3.8) is 0 Å². The lowest BCUT2D eigenvalue weighted by Gasteiger charge is -2.11. The van der Waals surface area contributed by atoms with Gasteiger partial charge in [-0.05, 0) is 35.1 Å². The summed E-state index contributed by atoms with van der Waals surface area (Å²) in [6, 6.07) is 5.67. The molecule has 0 fully saturated rings. The van der Waals surface area contributed by atoms with Gasteiger partial charge < -0.3 is 9.47 Å². The molecule has 86 valence electrons. The van der Waals surface area contributed by atoms with Crippen molar-refractivity contribution in [3.8, 4) is 17.6 Å². The minimum atomic E-state index is 0.611. The highest BCUT2D eigenvalue weighted by molar-refractivity contribution is 14.1. The third-order valence-corrected chi connectivity index (χ3v) is 3.02. The molecule has 0 aromatic heterocycles. The predicted octanol–water partition coefficient (Wildman–Crippen LogP) is 3.35. The molecule has 0 bridgehead atoms. The van der Waals surface area contributed by atoms with E-state index >= 15 is 0 Å². The molecule has 0 radical (unpaired) electrons. The Hall–Kier alpha value is -0.960. The zero-order chi connectivity index (χ0) is 12.0. The van der Waals surface area contributed by atoms with Gasteiger partial charge in [0, 0.05) is 9.64 Å². The normalized spacial score (nSPS) is 9.62. The van der Waals surface area contributed by atoms with Crippen LogP contribution >= 0.6 is 22.6 Å². The van der Waals surface area contributed by atoms with Crippen LogP contribution in [0.4, 0.5) is 0 Å². The van der Waals surface area contributed by atoms with Gasteiger partial charge in [0.1, 0.15) is 6.07 Å². The van der Waals surface area contributed by atoms with Crippen LogP contribution in [0.2, 0.25) is 0 Å². The second kappa shape index (κ2) is 6.59. The van der Waals surface area contributed by atoms with Gasteiger partial charge in [-0.2, -0.15) is 5.26 Å². The predicted molar refractivity (Wildman–Crippen MR) is 70.8 cm³/mol. The first-order valence-corrected chi connectivity index (χ1v) is 6.21. The highest BCUT2D eigenvalue weighted by Crippen LogP contribution is 2.31. The van der Waals surface area contributed by atoms with E-state index in [1.165, 1.54) is 0 Å². The fourth-order valence-electron chi connectivity index (χ4n) is 1.22. The zero-order valence-corrected chi connectivity index (χ0v) is 11.6. The summed E-state index contributed by atoms with van der Waals surface area (Å²) >= 11 is 2.12. The Morgan fingerprint density at radius 3 is 2.69 bits per heavy atom. The molecule has 16 heavy (non-hydrogen) atoms. The Balaban J connectivity index is 2.91. The highest BCUT2D eigenvalue weighted by atomic mass is 127. The van der Waals surface area contributed by atoms with E-state index in [4.69, 9.17) is 14.7 Å². The lowest BCUT2D eigenvalue weighted by atomic mass is 10.2. The van der Waals surface area contributed by atoms with E-state index in [1.54, 1.807) is 13.2 Å². The summed E-state index contributed by atoms with van der Waals surface area (Å²) < 4.78 is 11.7. The van der Waals surface area contributed by atoms with E-state index in [-0.39, 0.29) is 0 Å². The van der Waals surface area contributed by atoms with Gasteiger partial charge in [0.2, 0.25) is 0 Å². The minimum Gasteiger partial charge on any atom is -0.493 e. The number of nitriles is 1. The van der Waals surface area contributed by atoms with Crippen LogP contribution < -0.4 is 9.47 Å². The number of ether oxygens (including phenoxy) is 2. The number of halogens is 1. The maximum absolute atomic E-state index is 8.89. The minimum absolute atomic E-state index is 0.611. The number of rotatable bonds is 5. The van der Waals surface area contributed by atoms with E-state index in [1.807, 2.05) is 6.07 Å². The van der Waals surface area contributed by atoms with Crippen molar-refractivity contribution in [2.45, 2.75) is 19.8 Å². The Morgan fingerprint density at radius 2 is 2.12 bits per heavy atom. The van der Waals surface area contributed by atoms with Crippen molar-refractivity contribution >= 4 is 22.6 Å². The van der Waals surface area contributed by atoms with Crippen molar-refractivity contribution in [1.29, 1.82) is 5.26 Å². The SMILES string of the molecule is CCCCOc1cc(I)c(C#N)cc1OC. The molecule has 0 spiro atoms. The fraction of sp³-hybridized carbons (Fsp3) is 0.417. The van der Waals surface area contributed by atoms with Crippen molar-refractivity contribution < 1.29 is 9.47 Å². The van der Waals surface area contributed by atoms with E-state index < -0.39 is 0 Å². The number of hydrogen-bond acceptors (Lipinski definition) is 3. The molecule has 0 heterocycles. The number of hydrogen-bond donors (Lipinski definition) is 0. The van der Waals surface area contributed by atoms with Crippen LogP contribution in [0.15, 0.2) is 12.1 Å². The summed E-state index contributed by atoms with van der Waals surface area (Å²) in [7, 11) is 1.58. The van der Waals surface area contributed by atoms with Crippen LogP contribution in [0.25, 0.3) is 0 Å². The lowest BCUT2D eigenvalue weighted by Crippen LogP contribution is -2.00. The molecule has 4 heteroatoms. The van der Waals surface area contributed by atoms with Gasteiger partial charge in [-0.3, -0.25) is 0 Å². The maximum Gasteiger partial charge on any atom is 0.162 e. The Bertz CT molecular complexity index is 399. The number of unbranched alkanes of at least 4 members (excludes halogenated alkanes) is 1. The van der Waals surface area contributed by atoms with Gasteiger partial charge in [0.25, 0.3) is 0 Å². The first-order valence-electron chi connectivity index (χ1n) is 5.13. The molecule has 1 aromatic carbocycles. The Morgan fingerprint density at radius 1 is 1.38 bits per heavy atom. The van der Waals surface area contributed by atoms with Gasteiger partial charge in [-0.1, -0.05) is 13.3 Å². The summed E-state index contributed by atoms with van der Waals surface area (Å²) in [5.41, 5.74) is 0.611. The third-order valence-electron chi connectivity index (χ3n) is 2.13. The molecular weight excluding hydrogens is 317 g/mol. The summed E-state index contributed by atoms with van der Waals surface area (Å²) in [5.74, 6) is 1.33. The maximum atomic E-state index is 8.89. The summed E-state index contributed by atoms with van der Waals surface area (Å²) in [6.07, 6.45) is 2.11. The van der Waals surface area contributed by atoms with Crippen molar-refractivity contribution in [3.05, 3.63) is 21.3 Å². The molecular formula is C12H14INO2. The second-order valence-corrected chi connectivity index (χ2v) is 4.46. The average molecular weight is 331 g/mol. The lowest BCUT2D eigenvalue weighted by molar-refractivity contribution is 0.288. The van der Waals surface area contributed by atoms with Gasteiger partial charge in [-0.15, -0.1) is 0 Å². The number of benzene rings is 1. The topological polar surface area (TPSA) is 42.2 Å². The molecule has 1 rings (SSSR count). The molecule has 0 N–H and O–H groups in total. The third kappa shape index (κ3) is 3.27. The van der Waals surface area contributed by atoms with Crippen molar-refractivity contribution in [2.75, 3.05) is 13.7 Å². The largest absolute Gasteiger partial charge is 0.493 e. The molecule has 1 aromatic rings. The van der Waals surface area contributed by atoms with Gasteiger partial charge >= 0.3 is 0 Å². The van der Waals surface area contributed by atoms with Gasteiger partial charge in [0.05, 0.1) is 19.3 Å². The molecule has 3 nitrogen and oxygen atoms in total. The van der Waals surface area contributed by atoms with Crippen LogP contribution in [0.5, 0.6) is 11.5 Å². The highest BCUT2D eigenvalue weighted by Gasteiger charge is 2.09. The number of nitrogens with zero attached hydrogens (tertiary/aromatic N) is 1. The average Bonchev–Trinajstić information content (AvgIpc) is 2.30. The first-order chi connectivity index (χ1) is 7.72. The molecule has 0 saturated carbocycles. The molecule has 0 aliphatic carbocycles. The van der Waals surface area contributed by atoms with Crippen molar-refractivity contribution in [2.24, 2.45) is 0 Å². The monoisotopic (exact) mass is 331 g/mol. The van der Waals surface area contributed by atoms with Crippen LogP contribution in [-0.2, 0) is 0 Å². The molecule has 0 unspecified atom stereocenters. The van der Waals surface area contributed by atoms with Gasteiger partial charge in [0.15, 0.2) is 11.5 Å². The zero-order valence-electron chi connectivity index (χ0n) is 9.42. The van der Waals surface area contributed by atoms with Crippen LogP contribution in [0.1, 0.15) is 25.3 Å². The molecule has 0 aliphatic heterocycles. The Kier molecular flexibility index (Phi) is 5.39. The first kappa shape index (κ1) is 13.1. The summed E-state index contributed by atoms with van der Waals surface area (Å²) in [6.45, 7) is 2.79. The number of methoxy groups -OCH3 is 1. The van der Waals surface area contributed by atoms with Crippen LogP contribution in [0, 0.1) is 14.9 Å². The molecule has 0 saturated heterocycles. The van der Waals surface area contributed by atoms with E-state index in [9.17, 15) is 0 Å². The molecule has 0 amide bonds. The molecule has 0 atom stereocenters. The van der Waals surface area contributed by atoms with E-state index in [0.717, 1.165) is 16.4 Å². The second-order valence-electron chi connectivity index (χ2n) is 3.30. The van der Waals surface area contributed by atoms with E-state index in [2.05, 4.69) is 35.6 Å². The van der Waals surface area contributed by atoms with Crippen LogP contribution in [-0.4, -0.2) is 13.7 Å². The molecule has 0 aliphatic rings. The summed E-state index contributed by atoms with van der Waals surface area (Å²) in [5, 5.41) is 8.89. The van der Waals surface area contributed by atoms with Crippen LogP contribution in [0.3, 0.4) is 0 Å². The summed E-state index contributed by atoms with van der Waals surface area (Å²) in [4.78, 5) is 0. The van der Waals surface area contributed by atoms with E-state index in [0.29, 0.717) is 23.7 Å². The van der Waals surface area contributed by atoms with Gasteiger partial charge in [-0.25, -0.2) is 0 Å². The van der Waals surface area contributed by atoms with Crippen molar-refractivity contribution in [1.82, 2.24) is 0 Å². The smallest absolute Gasteiger partial charge is 0.162 e.